The van der Waals surface area contributed by atoms with Crippen molar-refractivity contribution >= 4 is 23.2 Å². The number of nitrogens with zero attached hydrogens (tertiary/aromatic N) is 4. The van der Waals surface area contributed by atoms with Gasteiger partial charge >= 0.3 is 5.56 Å². The van der Waals surface area contributed by atoms with Crippen molar-refractivity contribution < 1.29 is 14.9 Å². The standard InChI is InChI=1S/C29H30ClN5O3/c30-23-9-7-8-22(18-23)21-14-16-33(17-15-21)19-26(36)20-34-27(28(37)31-24-10-3-1-4-11-24)29(38)35(32-34)25-12-5-2-6-13-25/h1-13,18,21,26,36H,14-17,19-20H2,(H-,31,32,37,38). The van der Waals surface area contributed by atoms with E-state index in [1.54, 1.807) is 36.4 Å². The zero-order valence-corrected chi connectivity index (χ0v) is 21.7. The molecule has 5 rings (SSSR count). The van der Waals surface area contributed by atoms with Crippen LogP contribution in [0.2, 0.25) is 5.02 Å². The lowest BCUT2D eigenvalue weighted by Gasteiger charge is -2.33. The molecule has 1 saturated heterocycles. The number of rotatable bonds is 8. The Morgan fingerprint density at radius 3 is 2.42 bits per heavy atom. The number of likely N-dealkylation sites (tertiary alicyclic amines) is 1. The molecule has 9 heteroatoms. The second-order valence-electron chi connectivity index (χ2n) is 9.57. The number of para-hydroxylation sites is 2. The molecule has 1 atom stereocenters. The van der Waals surface area contributed by atoms with Gasteiger partial charge in [-0.05, 0) is 73.8 Å². The SMILES string of the molecule is O=c1c(C([O-])=Nc2ccccc2)[n+](CC(O)CN2CCC(c3cccc(Cl)c3)CC2)[nH]n1-c1ccccc1. The Morgan fingerprint density at radius 1 is 1.05 bits per heavy atom. The Morgan fingerprint density at radius 2 is 1.74 bits per heavy atom. The molecule has 1 aromatic heterocycles. The number of nitrogens with one attached hydrogen (secondary N) is 1. The van der Waals surface area contributed by atoms with E-state index in [1.807, 2.05) is 42.5 Å². The number of β-amino-alcohol motifs (C(OH)–C–C–N with tert-alkyl or cyclic N) is 1. The number of hydrogen-bond acceptors (Lipinski definition) is 5. The molecule has 0 bridgehead atoms. The minimum Gasteiger partial charge on any atom is -0.855 e. The lowest BCUT2D eigenvalue weighted by molar-refractivity contribution is -0.762. The van der Waals surface area contributed by atoms with Crippen LogP contribution < -0.4 is 15.3 Å². The maximum absolute atomic E-state index is 13.3. The van der Waals surface area contributed by atoms with Gasteiger partial charge in [-0.15, -0.1) is 0 Å². The monoisotopic (exact) mass is 531 g/mol. The minimum atomic E-state index is -0.798. The van der Waals surface area contributed by atoms with Crippen LogP contribution in [0.1, 0.15) is 30.0 Å². The fraction of sp³-hybridized carbons (Fsp3) is 0.276. The summed E-state index contributed by atoms with van der Waals surface area (Å²) >= 11 is 6.17. The van der Waals surface area contributed by atoms with Gasteiger partial charge in [-0.1, -0.05) is 70.0 Å². The number of aliphatic hydroxyl groups is 1. The van der Waals surface area contributed by atoms with Gasteiger partial charge in [0, 0.05) is 17.5 Å². The van der Waals surface area contributed by atoms with Crippen LogP contribution in [-0.2, 0) is 6.54 Å². The summed E-state index contributed by atoms with van der Waals surface area (Å²) in [6.07, 6.45) is 1.15. The minimum absolute atomic E-state index is 0.0503. The summed E-state index contributed by atoms with van der Waals surface area (Å²) in [5.74, 6) is -0.224. The summed E-state index contributed by atoms with van der Waals surface area (Å²) < 4.78 is 2.71. The normalized spacial score (nSPS) is 16.0. The first-order chi connectivity index (χ1) is 18.5. The van der Waals surface area contributed by atoms with Gasteiger partial charge in [0.05, 0.1) is 5.69 Å². The molecule has 38 heavy (non-hydrogen) atoms. The first-order valence-electron chi connectivity index (χ1n) is 12.7. The topological polar surface area (TPSA) is 101 Å². The van der Waals surface area contributed by atoms with Crippen LogP contribution in [-0.4, -0.2) is 51.5 Å². The van der Waals surface area contributed by atoms with Crippen LogP contribution >= 0.6 is 11.6 Å². The van der Waals surface area contributed by atoms with Crippen LogP contribution in [0.3, 0.4) is 0 Å². The number of aromatic nitrogens is 3. The highest BCUT2D eigenvalue weighted by molar-refractivity contribution is 6.30. The fourth-order valence-electron chi connectivity index (χ4n) is 4.98. The molecule has 4 aromatic rings. The van der Waals surface area contributed by atoms with E-state index >= 15 is 0 Å². The molecule has 1 fully saturated rings. The quantitative estimate of drug-likeness (QED) is 0.207. The molecular weight excluding hydrogens is 502 g/mol. The summed E-state index contributed by atoms with van der Waals surface area (Å²) in [4.78, 5) is 19.7. The second kappa shape index (κ2) is 11.8. The van der Waals surface area contributed by atoms with Gasteiger partial charge in [-0.3, -0.25) is 4.99 Å². The maximum atomic E-state index is 13.3. The number of hydrogen-bond donors (Lipinski definition) is 2. The number of aromatic amines is 1. The zero-order chi connectivity index (χ0) is 26.5. The van der Waals surface area contributed by atoms with Crippen molar-refractivity contribution in [3.63, 3.8) is 0 Å². The Bertz CT molecular complexity index is 1440. The van der Waals surface area contributed by atoms with Crippen LogP contribution in [0, 0.1) is 0 Å². The molecule has 2 heterocycles. The third-order valence-electron chi connectivity index (χ3n) is 6.87. The van der Waals surface area contributed by atoms with E-state index in [0.717, 1.165) is 31.0 Å². The van der Waals surface area contributed by atoms with E-state index in [2.05, 4.69) is 21.2 Å². The van der Waals surface area contributed by atoms with Crippen molar-refractivity contribution in [1.82, 2.24) is 14.8 Å². The van der Waals surface area contributed by atoms with E-state index in [4.69, 9.17) is 11.6 Å². The highest BCUT2D eigenvalue weighted by Crippen LogP contribution is 2.29. The van der Waals surface area contributed by atoms with E-state index in [9.17, 15) is 15.0 Å². The highest BCUT2D eigenvalue weighted by atomic mass is 35.5. The van der Waals surface area contributed by atoms with Gasteiger partial charge in [-0.2, -0.15) is 4.68 Å². The lowest BCUT2D eigenvalue weighted by Crippen LogP contribution is -2.52. The molecule has 1 unspecified atom stereocenters. The Balaban J connectivity index is 1.33. The van der Waals surface area contributed by atoms with Gasteiger partial charge in [0.25, 0.3) is 0 Å². The first-order valence-corrected chi connectivity index (χ1v) is 13.1. The molecule has 196 valence electrons. The predicted octanol–water partition coefficient (Wildman–Crippen LogP) is 2.79. The molecule has 0 radical (unpaired) electrons. The zero-order valence-electron chi connectivity index (χ0n) is 20.9. The molecular formula is C29H30ClN5O3. The summed E-state index contributed by atoms with van der Waals surface area (Å²) in [7, 11) is 0. The third-order valence-corrected chi connectivity index (χ3v) is 7.11. The van der Waals surface area contributed by atoms with Gasteiger partial charge < -0.3 is 15.1 Å². The largest absolute Gasteiger partial charge is 0.855 e. The average Bonchev–Trinajstić information content (AvgIpc) is 3.25. The molecule has 8 nitrogen and oxygen atoms in total. The van der Waals surface area contributed by atoms with Gasteiger partial charge in [0.2, 0.25) is 5.69 Å². The summed E-state index contributed by atoms with van der Waals surface area (Å²) in [5, 5.41) is 27.9. The van der Waals surface area contributed by atoms with Gasteiger partial charge in [-0.25, -0.2) is 4.79 Å². The second-order valence-corrected chi connectivity index (χ2v) is 10.0. The van der Waals surface area contributed by atoms with Crippen molar-refractivity contribution in [2.24, 2.45) is 4.99 Å². The smallest absolute Gasteiger partial charge is 0.406 e. The summed E-state index contributed by atoms with van der Waals surface area (Å²) in [6.45, 7) is 2.16. The number of aliphatic imine (C=N–C) groups is 1. The number of halogens is 1. The van der Waals surface area contributed by atoms with Crippen molar-refractivity contribution in [3.05, 3.63) is 112 Å². The molecule has 2 N–H and O–H groups in total. The Kier molecular flexibility index (Phi) is 8.03. The highest BCUT2D eigenvalue weighted by Gasteiger charge is 2.27. The van der Waals surface area contributed by atoms with Gasteiger partial charge in [0.1, 0.15) is 12.6 Å². The fourth-order valence-corrected chi connectivity index (χ4v) is 5.18. The average molecular weight is 532 g/mol. The summed E-state index contributed by atoms with van der Waals surface area (Å²) in [5.41, 5.74) is 1.65. The van der Waals surface area contributed by atoms with Crippen molar-refractivity contribution in [2.45, 2.75) is 31.4 Å². The van der Waals surface area contributed by atoms with E-state index in [1.165, 1.54) is 14.9 Å². The van der Waals surface area contributed by atoms with E-state index in [0.29, 0.717) is 23.8 Å². The lowest BCUT2D eigenvalue weighted by atomic mass is 9.89. The van der Waals surface area contributed by atoms with E-state index in [-0.39, 0.29) is 12.2 Å². The number of benzene rings is 3. The van der Waals surface area contributed by atoms with Crippen molar-refractivity contribution in [1.29, 1.82) is 0 Å². The third kappa shape index (κ3) is 6.05. The molecule has 0 amide bonds. The van der Waals surface area contributed by atoms with E-state index < -0.39 is 17.6 Å². The van der Waals surface area contributed by atoms with Crippen molar-refractivity contribution in [2.75, 3.05) is 19.6 Å². The molecule has 0 aliphatic carbocycles. The maximum Gasteiger partial charge on any atom is 0.406 e. The van der Waals surface area contributed by atoms with Gasteiger partial charge in [0.15, 0.2) is 5.69 Å². The molecule has 1 aliphatic heterocycles. The molecule has 1 aliphatic rings. The van der Waals surface area contributed by atoms with Crippen LogP contribution in [0.5, 0.6) is 0 Å². The van der Waals surface area contributed by atoms with Crippen molar-refractivity contribution in [3.8, 4) is 5.69 Å². The molecule has 3 aromatic carbocycles. The Hall–Kier alpha value is -3.72. The molecule has 0 spiro atoms. The summed E-state index contributed by atoms with van der Waals surface area (Å²) in [6, 6.07) is 25.8. The van der Waals surface area contributed by atoms with Crippen LogP contribution in [0.4, 0.5) is 5.69 Å². The molecule has 0 saturated carbocycles. The first kappa shape index (κ1) is 25.9. The number of piperidine rings is 1. The predicted molar refractivity (Wildman–Crippen MR) is 145 cm³/mol. The van der Waals surface area contributed by atoms with Crippen LogP contribution in [0.25, 0.3) is 5.69 Å². The number of aliphatic hydroxyl groups excluding tert-OH is 1. The Labute approximate surface area is 226 Å². The van der Waals surface area contributed by atoms with Crippen LogP contribution in [0.15, 0.2) is 94.7 Å². The number of H-pyrrole nitrogens is 1.